The number of hydrogen-bond donors (Lipinski definition) is 1. The summed E-state index contributed by atoms with van der Waals surface area (Å²) in [5.41, 5.74) is 1.79. The molecule has 1 aliphatic rings. The van der Waals surface area contributed by atoms with E-state index in [9.17, 15) is 13.2 Å². The number of sulfonamides is 1. The molecule has 9 heteroatoms. The Kier molecular flexibility index (Phi) is 7.36. The van der Waals surface area contributed by atoms with Gasteiger partial charge in [0.05, 0.1) is 29.6 Å². The molecular formula is C21H26ClN3O4S. The van der Waals surface area contributed by atoms with E-state index in [1.165, 1.54) is 22.5 Å². The number of amides is 1. The number of nitrogens with zero attached hydrogens (tertiary/aromatic N) is 2. The van der Waals surface area contributed by atoms with Crippen molar-refractivity contribution in [1.29, 1.82) is 0 Å². The number of carbonyl (C=O) groups excluding carboxylic acids is 1. The van der Waals surface area contributed by atoms with Gasteiger partial charge in [-0.05, 0) is 30.3 Å². The van der Waals surface area contributed by atoms with Crippen molar-refractivity contribution in [2.45, 2.75) is 18.7 Å². The molecule has 0 atom stereocenters. The molecule has 2 aromatic carbocycles. The molecule has 0 aliphatic carbocycles. The second kappa shape index (κ2) is 9.78. The van der Waals surface area contributed by atoms with Gasteiger partial charge in [-0.2, -0.15) is 4.31 Å². The highest BCUT2D eigenvalue weighted by Gasteiger charge is 2.26. The maximum atomic E-state index is 12.9. The molecule has 1 saturated heterocycles. The lowest BCUT2D eigenvalue weighted by Crippen LogP contribution is -2.36. The lowest BCUT2D eigenvalue weighted by Gasteiger charge is -2.30. The minimum absolute atomic E-state index is 0.0676. The fourth-order valence-corrected chi connectivity index (χ4v) is 5.36. The Bertz CT molecular complexity index is 1000. The van der Waals surface area contributed by atoms with Crippen LogP contribution in [0.3, 0.4) is 0 Å². The van der Waals surface area contributed by atoms with Gasteiger partial charge >= 0.3 is 0 Å². The molecule has 0 spiro atoms. The second-order valence-electron chi connectivity index (χ2n) is 6.81. The van der Waals surface area contributed by atoms with Crippen LogP contribution in [-0.2, 0) is 14.8 Å². The van der Waals surface area contributed by atoms with E-state index in [1.54, 1.807) is 13.8 Å². The number of rotatable bonds is 7. The van der Waals surface area contributed by atoms with Crippen molar-refractivity contribution in [3.8, 4) is 0 Å². The molecule has 162 valence electrons. The molecule has 30 heavy (non-hydrogen) atoms. The van der Waals surface area contributed by atoms with Gasteiger partial charge in [-0.3, -0.25) is 4.79 Å². The molecule has 7 nitrogen and oxygen atoms in total. The van der Waals surface area contributed by atoms with Crippen molar-refractivity contribution in [3.05, 3.63) is 53.1 Å². The van der Waals surface area contributed by atoms with Crippen LogP contribution in [0.5, 0.6) is 0 Å². The lowest BCUT2D eigenvalue weighted by molar-refractivity contribution is 0.102. The third-order valence-corrected chi connectivity index (χ3v) is 7.55. The molecule has 1 aliphatic heterocycles. The molecular weight excluding hydrogens is 426 g/mol. The number of carbonyl (C=O) groups is 1. The van der Waals surface area contributed by atoms with Crippen molar-refractivity contribution < 1.29 is 17.9 Å². The predicted molar refractivity (Wildman–Crippen MR) is 119 cm³/mol. The Morgan fingerprint density at radius 1 is 1.13 bits per heavy atom. The van der Waals surface area contributed by atoms with Crippen molar-refractivity contribution in [3.63, 3.8) is 0 Å². The summed E-state index contributed by atoms with van der Waals surface area (Å²) in [5.74, 6) is -0.400. The Hall–Kier alpha value is -2.13. The van der Waals surface area contributed by atoms with Gasteiger partial charge in [0.2, 0.25) is 10.0 Å². The number of ether oxygens (including phenoxy) is 1. The number of benzene rings is 2. The topological polar surface area (TPSA) is 79.0 Å². The van der Waals surface area contributed by atoms with E-state index in [4.69, 9.17) is 16.3 Å². The van der Waals surface area contributed by atoms with E-state index in [2.05, 4.69) is 10.2 Å². The first kappa shape index (κ1) is 22.6. The fraction of sp³-hybridized carbons (Fsp3) is 0.381. The van der Waals surface area contributed by atoms with Gasteiger partial charge in [0.15, 0.2) is 0 Å². The monoisotopic (exact) mass is 451 g/mol. The highest BCUT2D eigenvalue weighted by molar-refractivity contribution is 7.89. The van der Waals surface area contributed by atoms with E-state index in [0.717, 1.165) is 18.8 Å². The number of halogens is 1. The van der Waals surface area contributed by atoms with E-state index in [0.29, 0.717) is 32.0 Å². The number of morpholine rings is 1. The van der Waals surface area contributed by atoms with Crippen LogP contribution in [0, 0.1) is 0 Å². The minimum atomic E-state index is -3.79. The normalized spacial score (nSPS) is 14.7. The molecule has 0 radical (unpaired) electrons. The van der Waals surface area contributed by atoms with Crippen LogP contribution in [0.15, 0.2) is 47.4 Å². The van der Waals surface area contributed by atoms with Crippen LogP contribution in [-0.4, -0.2) is 58.0 Å². The average Bonchev–Trinajstić information content (AvgIpc) is 2.75. The predicted octanol–water partition coefficient (Wildman–Crippen LogP) is 3.46. The van der Waals surface area contributed by atoms with Crippen LogP contribution >= 0.6 is 11.6 Å². The Morgan fingerprint density at radius 2 is 1.80 bits per heavy atom. The number of anilines is 2. The zero-order chi connectivity index (χ0) is 21.7. The summed E-state index contributed by atoms with van der Waals surface area (Å²) in [7, 11) is -3.79. The average molecular weight is 452 g/mol. The van der Waals surface area contributed by atoms with Crippen molar-refractivity contribution >= 4 is 38.9 Å². The third kappa shape index (κ3) is 4.78. The molecule has 0 bridgehead atoms. The second-order valence-corrected chi connectivity index (χ2v) is 9.12. The number of hydrogen-bond acceptors (Lipinski definition) is 5. The summed E-state index contributed by atoms with van der Waals surface area (Å²) < 4.78 is 32.5. The van der Waals surface area contributed by atoms with Gasteiger partial charge in [0.25, 0.3) is 5.91 Å². The van der Waals surface area contributed by atoms with Crippen LogP contribution in [0.4, 0.5) is 11.4 Å². The number of nitrogens with one attached hydrogen (secondary N) is 1. The Morgan fingerprint density at radius 3 is 2.47 bits per heavy atom. The van der Waals surface area contributed by atoms with Crippen LogP contribution in [0.2, 0.25) is 5.02 Å². The third-order valence-electron chi connectivity index (χ3n) is 5.02. The SMILES string of the molecule is CCN(CC)S(=O)(=O)c1cc(C(=O)Nc2ccccc2N2CCOCC2)ccc1Cl. The summed E-state index contributed by atoms with van der Waals surface area (Å²) in [6.45, 7) is 6.89. The summed E-state index contributed by atoms with van der Waals surface area (Å²) in [4.78, 5) is 15.0. The molecule has 0 aromatic heterocycles. The van der Waals surface area contributed by atoms with Gasteiger partial charge < -0.3 is 15.0 Å². The summed E-state index contributed by atoms with van der Waals surface area (Å²) >= 11 is 6.17. The van der Waals surface area contributed by atoms with Crippen LogP contribution < -0.4 is 10.2 Å². The fourth-order valence-electron chi connectivity index (χ4n) is 3.40. The smallest absolute Gasteiger partial charge is 0.255 e. The molecule has 1 amide bonds. The first-order valence-corrected chi connectivity index (χ1v) is 11.7. The van der Waals surface area contributed by atoms with Gasteiger partial charge in [-0.15, -0.1) is 0 Å². The zero-order valence-electron chi connectivity index (χ0n) is 17.1. The van der Waals surface area contributed by atoms with Crippen LogP contribution in [0.1, 0.15) is 24.2 Å². The Labute approximate surface area is 182 Å². The lowest BCUT2D eigenvalue weighted by atomic mass is 10.2. The van der Waals surface area contributed by atoms with E-state index in [1.807, 2.05) is 24.3 Å². The van der Waals surface area contributed by atoms with Gasteiger partial charge in [0, 0.05) is 31.7 Å². The van der Waals surface area contributed by atoms with Gasteiger partial charge in [-0.25, -0.2) is 8.42 Å². The summed E-state index contributed by atoms with van der Waals surface area (Å²) in [6, 6.07) is 11.8. The standard InChI is InChI=1S/C21H26ClN3O4S/c1-3-25(4-2)30(27,28)20-15-16(9-10-17(20)22)21(26)23-18-7-5-6-8-19(18)24-11-13-29-14-12-24/h5-10,15H,3-4,11-14H2,1-2H3,(H,23,26). The quantitative estimate of drug-likeness (QED) is 0.697. The zero-order valence-corrected chi connectivity index (χ0v) is 18.7. The Balaban J connectivity index is 1.89. The van der Waals surface area contributed by atoms with E-state index < -0.39 is 15.9 Å². The maximum absolute atomic E-state index is 12.9. The number of para-hydroxylation sites is 2. The van der Waals surface area contributed by atoms with Gasteiger partial charge in [0.1, 0.15) is 4.90 Å². The minimum Gasteiger partial charge on any atom is -0.378 e. The largest absolute Gasteiger partial charge is 0.378 e. The van der Waals surface area contributed by atoms with Crippen LogP contribution in [0.25, 0.3) is 0 Å². The molecule has 1 heterocycles. The molecule has 0 unspecified atom stereocenters. The highest BCUT2D eigenvalue weighted by Crippen LogP contribution is 2.29. The molecule has 0 saturated carbocycles. The molecule has 3 rings (SSSR count). The highest BCUT2D eigenvalue weighted by atomic mass is 35.5. The molecule has 2 aromatic rings. The van der Waals surface area contributed by atoms with Crippen molar-refractivity contribution in [2.24, 2.45) is 0 Å². The first-order chi connectivity index (χ1) is 14.4. The van der Waals surface area contributed by atoms with E-state index in [-0.39, 0.29) is 15.5 Å². The first-order valence-electron chi connectivity index (χ1n) is 9.91. The maximum Gasteiger partial charge on any atom is 0.255 e. The summed E-state index contributed by atoms with van der Waals surface area (Å²) in [5, 5.41) is 3.00. The molecule has 1 fully saturated rings. The van der Waals surface area contributed by atoms with Crippen molar-refractivity contribution in [2.75, 3.05) is 49.6 Å². The van der Waals surface area contributed by atoms with Gasteiger partial charge in [-0.1, -0.05) is 37.6 Å². The molecule has 1 N–H and O–H groups in total. The summed E-state index contributed by atoms with van der Waals surface area (Å²) in [6.07, 6.45) is 0. The van der Waals surface area contributed by atoms with E-state index >= 15 is 0 Å². The van der Waals surface area contributed by atoms with Crippen molar-refractivity contribution in [1.82, 2.24) is 4.31 Å².